The van der Waals surface area contributed by atoms with Crippen LogP contribution in [-0.4, -0.2) is 12.2 Å². The molecule has 1 atom stereocenters. The van der Waals surface area contributed by atoms with Gasteiger partial charge in [-0.3, -0.25) is 0 Å². The molecule has 2 aromatic rings. The lowest BCUT2D eigenvalue weighted by Gasteiger charge is -2.13. The zero-order valence-corrected chi connectivity index (χ0v) is 11.5. The molecule has 0 aliphatic carbocycles. The Hall–Kier alpha value is -1.65. The molecule has 106 valence electrons. The van der Waals surface area contributed by atoms with E-state index in [1.807, 2.05) is 0 Å². The molecule has 0 fully saturated rings. The molecule has 0 saturated carbocycles. The average molecular weight is 299 g/mol. The van der Waals surface area contributed by atoms with Crippen molar-refractivity contribution in [2.75, 3.05) is 7.11 Å². The van der Waals surface area contributed by atoms with Crippen LogP contribution in [0.5, 0.6) is 5.75 Å². The maximum absolute atomic E-state index is 13.8. The third-order valence-electron chi connectivity index (χ3n) is 2.98. The molecule has 0 aliphatic heterocycles. The largest absolute Gasteiger partial charge is 0.497 e. The lowest BCUT2D eigenvalue weighted by Crippen LogP contribution is -2.05. The van der Waals surface area contributed by atoms with Gasteiger partial charge in [-0.25, -0.2) is 8.78 Å². The SMILES string of the molecule is COc1ccc(C(O)Cc2ccc(F)c(Cl)c2)c(F)c1. The van der Waals surface area contributed by atoms with Gasteiger partial charge in [0.1, 0.15) is 17.4 Å². The molecule has 0 spiro atoms. The maximum Gasteiger partial charge on any atom is 0.141 e. The summed E-state index contributed by atoms with van der Waals surface area (Å²) < 4.78 is 31.7. The normalized spacial score (nSPS) is 12.2. The minimum atomic E-state index is -1.04. The number of hydrogen-bond donors (Lipinski definition) is 1. The molecule has 1 unspecified atom stereocenters. The second kappa shape index (κ2) is 6.20. The van der Waals surface area contributed by atoms with E-state index in [2.05, 4.69) is 0 Å². The molecule has 0 bridgehead atoms. The van der Waals surface area contributed by atoms with Crippen molar-refractivity contribution in [3.8, 4) is 5.75 Å². The Morgan fingerprint density at radius 2 is 1.90 bits per heavy atom. The third-order valence-corrected chi connectivity index (χ3v) is 3.27. The van der Waals surface area contributed by atoms with Crippen molar-refractivity contribution in [1.29, 1.82) is 0 Å². The minimum absolute atomic E-state index is 0.0232. The first kappa shape index (κ1) is 14.8. The highest BCUT2D eigenvalue weighted by molar-refractivity contribution is 6.30. The highest BCUT2D eigenvalue weighted by atomic mass is 35.5. The van der Waals surface area contributed by atoms with E-state index >= 15 is 0 Å². The second-order valence-electron chi connectivity index (χ2n) is 4.36. The van der Waals surface area contributed by atoms with Crippen molar-refractivity contribution in [3.05, 3.63) is 64.2 Å². The molecule has 0 aliphatic rings. The van der Waals surface area contributed by atoms with E-state index < -0.39 is 17.7 Å². The predicted octanol–water partition coefficient (Wildman–Crippen LogP) is 3.90. The summed E-state index contributed by atoms with van der Waals surface area (Å²) >= 11 is 5.67. The topological polar surface area (TPSA) is 29.5 Å². The molecule has 20 heavy (non-hydrogen) atoms. The summed E-state index contributed by atoms with van der Waals surface area (Å²) in [5, 5.41) is 10.0. The van der Waals surface area contributed by atoms with Crippen molar-refractivity contribution < 1.29 is 18.6 Å². The van der Waals surface area contributed by atoms with Gasteiger partial charge in [-0.15, -0.1) is 0 Å². The number of aliphatic hydroxyl groups excluding tert-OH is 1. The van der Waals surface area contributed by atoms with Crippen LogP contribution in [0.2, 0.25) is 5.02 Å². The van der Waals surface area contributed by atoms with E-state index in [4.69, 9.17) is 16.3 Å². The van der Waals surface area contributed by atoms with E-state index in [0.29, 0.717) is 11.3 Å². The zero-order chi connectivity index (χ0) is 14.7. The molecule has 0 aromatic heterocycles. The van der Waals surface area contributed by atoms with Crippen LogP contribution in [0, 0.1) is 11.6 Å². The first-order valence-corrected chi connectivity index (χ1v) is 6.34. The van der Waals surface area contributed by atoms with Crippen molar-refractivity contribution in [1.82, 2.24) is 0 Å². The number of halogens is 3. The molecule has 2 rings (SSSR count). The Morgan fingerprint density at radius 1 is 1.15 bits per heavy atom. The van der Waals surface area contributed by atoms with Crippen LogP contribution in [0.15, 0.2) is 36.4 Å². The molecule has 1 N–H and O–H groups in total. The zero-order valence-electron chi connectivity index (χ0n) is 10.7. The number of ether oxygens (including phenoxy) is 1. The Kier molecular flexibility index (Phi) is 4.57. The van der Waals surface area contributed by atoms with Crippen LogP contribution in [0.25, 0.3) is 0 Å². The van der Waals surface area contributed by atoms with Gasteiger partial charge in [-0.2, -0.15) is 0 Å². The fourth-order valence-electron chi connectivity index (χ4n) is 1.90. The summed E-state index contributed by atoms with van der Waals surface area (Å²) in [6.07, 6.45) is -0.897. The molecule has 0 saturated heterocycles. The summed E-state index contributed by atoms with van der Waals surface area (Å²) in [6.45, 7) is 0. The van der Waals surface area contributed by atoms with Gasteiger partial charge in [-0.1, -0.05) is 17.7 Å². The van der Waals surface area contributed by atoms with Crippen molar-refractivity contribution in [3.63, 3.8) is 0 Å². The number of rotatable bonds is 4. The third kappa shape index (κ3) is 3.26. The summed E-state index contributed by atoms with van der Waals surface area (Å²) in [7, 11) is 1.44. The minimum Gasteiger partial charge on any atom is -0.497 e. The van der Waals surface area contributed by atoms with Crippen molar-refractivity contribution in [2.24, 2.45) is 0 Å². The quantitative estimate of drug-likeness (QED) is 0.927. The smallest absolute Gasteiger partial charge is 0.141 e. The molecular weight excluding hydrogens is 286 g/mol. The summed E-state index contributed by atoms with van der Waals surface area (Å²) in [4.78, 5) is 0. The average Bonchev–Trinajstić information content (AvgIpc) is 2.42. The summed E-state index contributed by atoms with van der Waals surface area (Å²) in [6, 6.07) is 8.38. The fraction of sp³-hybridized carbons (Fsp3) is 0.200. The summed E-state index contributed by atoms with van der Waals surface area (Å²) in [5.74, 6) is -0.700. The lowest BCUT2D eigenvalue weighted by molar-refractivity contribution is 0.173. The highest BCUT2D eigenvalue weighted by Crippen LogP contribution is 2.26. The maximum atomic E-state index is 13.8. The van der Waals surface area contributed by atoms with Gasteiger partial charge in [-0.05, 0) is 29.8 Å². The molecule has 2 nitrogen and oxygen atoms in total. The van der Waals surface area contributed by atoms with Crippen LogP contribution in [0.1, 0.15) is 17.2 Å². The van der Waals surface area contributed by atoms with Crippen molar-refractivity contribution >= 4 is 11.6 Å². The Bertz CT molecular complexity index is 617. The number of methoxy groups -OCH3 is 1. The second-order valence-corrected chi connectivity index (χ2v) is 4.76. The monoisotopic (exact) mass is 298 g/mol. The number of aliphatic hydroxyl groups is 1. The molecule has 2 aromatic carbocycles. The van der Waals surface area contributed by atoms with Gasteiger partial charge in [0.05, 0.1) is 18.2 Å². The van der Waals surface area contributed by atoms with E-state index in [9.17, 15) is 13.9 Å². The van der Waals surface area contributed by atoms with E-state index in [1.165, 1.54) is 37.4 Å². The fourth-order valence-corrected chi connectivity index (χ4v) is 2.11. The highest BCUT2D eigenvalue weighted by Gasteiger charge is 2.15. The van der Waals surface area contributed by atoms with Crippen LogP contribution in [0.3, 0.4) is 0 Å². The van der Waals surface area contributed by atoms with E-state index in [-0.39, 0.29) is 17.0 Å². The van der Waals surface area contributed by atoms with Crippen LogP contribution in [-0.2, 0) is 6.42 Å². The molecule has 0 amide bonds. The molecule has 5 heteroatoms. The van der Waals surface area contributed by atoms with Crippen LogP contribution in [0.4, 0.5) is 8.78 Å². The first-order chi connectivity index (χ1) is 9.51. The first-order valence-electron chi connectivity index (χ1n) is 5.96. The van der Waals surface area contributed by atoms with Gasteiger partial charge in [0.15, 0.2) is 0 Å². The Morgan fingerprint density at radius 3 is 2.50 bits per heavy atom. The standard InChI is InChI=1S/C15H13ClF2O2/c1-20-10-3-4-11(14(18)8-10)15(19)7-9-2-5-13(17)12(16)6-9/h2-6,8,15,19H,7H2,1H3. The molecule has 0 radical (unpaired) electrons. The predicted molar refractivity (Wildman–Crippen MR) is 73.0 cm³/mol. The van der Waals surface area contributed by atoms with Gasteiger partial charge in [0, 0.05) is 18.1 Å². The van der Waals surface area contributed by atoms with Crippen LogP contribution >= 0.6 is 11.6 Å². The summed E-state index contributed by atoms with van der Waals surface area (Å²) in [5.41, 5.74) is 0.783. The number of hydrogen-bond acceptors (Lipinski definition) is 2. The number of benzene rings is 2. The van der Waals surface area contributed by atoms with E-state index in [1.54, 1.807) is 6.07 Å². The van der Waals surface area contributed by atoms with Crippen molar-refractivity contribution in [2.45, 2.75) is 12.5 Å². The molecular formula is C15H13ClF2O2. The lowest BCUT2D eigenvalue weighted by atomic mass is 10.0. The van der Waals surface area contributed by atoms with Gasteiger partial charge in [0.25, 0.3) is 0 Å². The van der Waals surface area contributed by atoms with Gasteiger partial charge in [0.2, 0.25) is 0 Å². The van der Waals surface area contributed by atoms with Crippen LogP contribution < -0.4 is 4.74 Å². The Labute approximate surface area is 120 Å². The Balaban J connectivity index is 2.19. The van der Waals surface area contributed by atoms with E-state index in [0.717, 1.165) is 0 Å². The van der Waals surface area contributed by atoms with Gasteiger partial charge < -0.3 is 9.84 Å². The molecule has 0 heterocycles. The van der Waals surface area contributed by atoms with Gasteiger partial charge >= 0.3 is 0 Å².